The summed E-state index contributed by atoms with van der Waals surface area (Å²) in [5.74, 6) is 0.0274. The number of hydrogen-bond donors (Lipinski definition) is 0. The van der Waals surface area contributed by atoms with Crippen molar-refractivity contribution in [2.24, 2.45) is 5.41 Å². The van der Waals surface area contributed by atoms with E-state index in [4.69, 9.17) is 16.4 Å². The fraction of sp³-hybridized carbons (Fsp3) is 0.417. The number of halogens is 1. The van der Waals surface area contributed by atoms with Gasteiger partial charge in [-0.1, -0.05) is 29.8 Å². The summed E-state index contributed by atoms with van der Waals surface area (Å²) < 4.78 is 0. The van der Waals surface area contributed by atoms with Gasteiger partial charge in [-0.2, -0.15) is 0 Å². The van der Waals surface area contributed by atoms with Crippen molar-refractivity contribution in [2.45, 2.75) is 20.5 Å². The van der Waals surface area contributed by atoms with Crippen molar-refractivity contribution in [3.63, 3.8) is 0 Å². The van der Waals surface area contributed by atoms with Crippen LogP contribution in [0.15, 0.2) is 24.3 Å². The molecule has 1 aliphatic heterocycles. The van der Waals surface area contributed by atoms with Gasteiger partial charge in [-0.3, -0.25) is 9.63 Å². The van der Waals surface area contributed by atoms with Crippen molar-refractivity contribution in [1.82, 2.24) is 5.06 Å². The number of hydroxylamine groups is 2. The standard InChI is InChI=1S/C12H14ClNO2/c1-12(2)8-14(11(12)15)16-7-9-5-3-4-6-10(9)13/h3-6H,7-8H2,1-2H3. The number of benzene rings is 1. The Morgan fingerprint density at radius 3 is 2.69 bits per heavy atom. The lowest BCUT2D eigenvalue weighted by molar-refractivity contribution is -0.238. The van der Waals surface area contributed by atoms with Crippen molar-refractivity contribution in [2.75, 3.05) is 6.54 Å². The average Bonchev–Trinajstić information content (AvgIpc) is 2.25. The van der Waals surface area contributed by atoms with Gasteiger partial charge in [-0.15, -0.1) is 0 Å². The SMILES string of the molecule is CC1(C)CN(OCc2ccccc2Cl)C1=O. The molecule has 0 spiro atoms. The van der Waals surface area contributed by atoms with Crippen LogP contribution in [-0.2, 0) is 16.2 Å². The largest absolute Gasteiger partial charge is 0.272 e. The van der Waals surface area contributed by atoms with Gasteiger partial charge in [0.05, 0.1) is 12.0 Å². The van der Waals surface area contributed by atoms with Gasteiger partial charge >= 0.3 is 0 Å². The molecule has 0 aromatic heterocycles. The molecular weight excluding hydrogens is 226 g/mol. The van der Waals surface area contributed by atoms with Crippen LogP contribution < -0.4 is 0 Å². The lowest BCUT2D eigenvalue weighted by Crippen LogP contribution is -2.57. The topological polar surface area (TPSA) is 29.5 Å². The van der Waals surface area contributed by atoms with Gasteiger partial charge in [-0.05, 0) is 25.5 Å². The molecule has 0 bridgehead atoms. The fourth-order valence-electron chi connectivity index (χ4n) is 1.61. The lowest BCUT2D eigenvalue weighted by Gasteiger charge is -2.42. The maximum absolute atomic E-state index is 11.6. The van der Waals surface area contributed by atoms with Crippen LogP contribution in [0.25, 0.3) is 0 Å². The Morgan fingerprint density at radius 2 is 2.12 bits per heavy atom. The molecule has 2 rings (SSSR count). The highest BCUT2D eigenvalue weighted by Gasteiger charge is 2.45. The summed E-state index contributed by atoms with van der Waals surface area (Å²) in [6.07, 6.45) is 0. The maximum Gasteiger partial charge on any atom is 0.253 e. The number of carbonyl (C=O) groups is 1. The molecule has 1 saturated heterocycles. The zero-order valence-electron chi connectivity index (χ0n) is 9.37. The van der Waals surface area contributed by atoms with E-state index in [0.717, 1.165) is 5.56 Å². The zero-order chi connectivity index (χ0) is 11.8. The van der Waals surface area contributed by atoms with Gasteiger partial charge < -0.3 is 0 Å². The molecule has 0 unspecified atom stereocenters. The van der Waals surface area contributed by atoms with Gasteiger partial charge in [0.25, 0.3) is 5.91 Å². The average molecular weight is 240 g/mol. The Hall–Kier alpha value is -1.06. The molecule has 1 heterocycles. The first-order valence-corrected chi connectivity index (χ1v) is 5.57. The molecule has 16 heavy (non-hydrogen) atoms. The molecule has 0 atom stereocenters. The first-order chi connectivity index (χ1) is 7.50. The smallest absolute Gasteiger partial charge is 0.253 e. The van der Waals surface area contributed by atoms with Gasteiger partial charge in [0.15, 0.2) is 0 Å². The predicted molar refractivity (Wildman–Crippen MR) is 61.7 cm³/mol. The molecule has 3 nitrogen and oxygen atoms in total. The monoisotopic (exact) mass is 239 g/mol. The Morgan fingerprint density at radius 1 is 1.44 bits per heavy atom. The van der Waals surface area contributed by atoms with Crippen LogP contribution in [0.1, 0.15) is 19.4 Å². The van der Waals surface area contributed by atoms with Crippen molar-refractivity contribution in [3.05, 3.63) is 34.9 Å². The molecule has 4 heteroatoms. The zero-order valence-corrected chi connectivity index (χ0v) is 10.1. The number of carbonyl (C=O) groups excluding carboxylic acids is 1. The summed E-state index contributed by atoms with van der Waals surface area (Å²) in [6, 6.07) is 7.45. The number of hydrogen-bond acceptors (Lipinski definition) is 2. The molecule has 1 aromatic rings. The summed E-state index contributed by atoms with van der Waals surface area (Å²) in [4.78, 5) is 16.9. The molecule has 0 N–H and O–H groups in total. The van der Waals surface area contributed by atoms with E-state index < -0.39 is 0 Å². The second-order valence-corrected chi connectivity index (χ2v) is 5.00. The van der Waals surface area contributed by atoms with E-state index >= 15 is 0 Å². The van der Waals surface area contributed by atoms with E-state index in [1.165, 1.54) is 5.06 Å². The molecule has 86 valence electrons. The van der Waals surface area contributed by atoms with Crippen molar-refractivity contribution in [1.29, 1.82) is 0 Å². The number of rotatable bonds is 3. The third kappa shape index (κ3) is 2.06. The second-order valence-electron chi connectivity index (χ2n) is 4.59. The summed E-state index contributed by atoms with van der Waals surface area (Å²) in [7, 11) is 0. The van der Waals surface area contributed by atoms with Crippen LogP contribution in [-0.4, -0.2) is 17.5 Å². The molecule has 0 saturated carbocycles. The summed E-state index contributed by atoms with van der Waals surface area (Å²) >= 11 is 5.98. The number of β-lactam (4-membered cyclic amide) rings is 1. The quantitative estimate of drug-likeness (QED) is 0.759. The Bertz CT molecular complexity index is 417. The molecular formula is C12H14ClNO2. The minimum atomic E-state index is -0.277. The number of amides is 1. The molecule has 1 aromatic carbocycles. The van der Waals surface area contributed by atoms with Crippen LogP contribution in [0.3, 0.4) is 0 Å². The lowest BCUT2D eigenvalue weighted by atomic mass is 9.85. The van der Waals surface area contributed by atoms with Crippen LogP contribution in [0.5, 0.6) is 0 Å². The van der Waals surface area contributed by atoms with E-state index in [1.54, 1.807) is 0 Å². The Kier molecular flexibility index (Phi) is 2.91. The molecule has 0 aliphatic carbocycles. The molecule has 1 fully saturated rings. The Balaban J connectivity index is 1.91. The van der Waals surface area contributed by atoms with Gasteiger partial charge in [-0.25, -0.2) is 5.06 Å². The Labute approximate surface area is 99.9 Å². The van der Waals surface area contributed by atoms with Gasteiger partial charge in [0.1, 0.15) is 6.61 Å². The van der Waals surface area contributed by atoms with E-state index in [2.05, 4.69) is 0 Å². The van der Waals surface area contributed by atoms with Crippen LogP contribution in [0.4, 0.5) is 0 Å². The highest BCUT2D eigenvalue weighted by Crippen LogP contribution is 2.31. The summed E-state index contributed by atoms with van der Waals surface area (Å²) in [6.45, 7) is 4.78. The van der Waals surface area contributed by atoms with E-state index in [-0.39, 0.29) is 11.3 Å². The fourth-order valence-corrected chi connectivity index (χ4v) is 1.80. The van der Waals surface area contributed by atoms with E-state index in [0.29, 0.717) is 18.2 Å². The summed E-state index contributed by atoms with van der Waals surface area (Å²) in [5, 5.41) is 2.05. The minimum Gasteiger partial charge on any atom is -0.272 e. The maximum atomic E-state index is 11.6. The number of nitrogens with zero attached hydrogens (tertiary/aromatic N) is 1. The van der Waals surface area contributed by atoms with E-state index in [9.17, 15) is 4.79 Å². The molecule has 1 amide bonds. The van der Waals surface area contributed by atoms with Crippen molar-refractivity contribution >= 4 is 17.5 Å². The summed E-state index contributed by atoms with van der Waals surface area (Å²) in [5.41, 5.74) is 0.613. The first kappa shape index (κ1) is 11.4. The highest BCUT2D eigenvalue weighted by molar-refractivity contribution is 6.31. The van der Waals surface area contributed by atoms with E-state index in [1.807, 2.05) is 38.1 Å². The highest BCUT2D eigenvalue weighted by atomic mass is 35.5. The first-order valence-electron chi connectivity index (χ1n) is 5.19. The predicted octanol–water partition coefficient (Wildman–Crippen LogP) is 2.64. The minimum absolute atomic E-state index is 0.0274. The normalized spacial score (nSPS) is 18.4. The van der Waals surface area contributed by atoms with Gasteiger partial charge in [0.2, 0.25) is 0 Å². The van der Waals surface area contributed by atoms with Crippen LogP contribution in [0.2, 0.25) is 5.02 Å². The second kappa shape index (κ2) is 4.07. The van der Waals surface area contributed by atoms with Crippen molar-refractivity contribution < 1.29 is 9.63 Å². The third-order valence-electron chi connectivity index (χ3n) is 2.68. The van der Waals surface area contributed by atoms with Crippen LogP contribution >= 0.6 is 11.6 Å². The molecule has 0 radical (unpaired) electrons. The van der Waals surface area contributed by atoms with Crippen LogP contribution in [0, 0.1) is 5.41 Å². The van der Waals surface area contributed by atoms with Gasteiger partial charge in [0, 0.05) is 5.02 Å². The molecule has 1 aliphatic rings. The van der Waals surface area contributed by atoms with Crippen molar-refractivity contribution in [3.8, 4) is 0 Å². The third-order valence-corrected chi connectivity index (χ3v) is 3.05.